The van der Waals surface area contributed by atoms with Gasteiger partial charge in [0.15, 0.2) is 0 Å². The predicted octanol–water partition coefficient (Wildman–Crippen LogP) is 2.43. The zero-order chi connectivity index (χ0) is 12.4. The van der Waals surface area contributed by atoms with Gasteiger partial charge >= 0.3 is 5.97 Å². The lowest BCUT2D eigenvalue weighted by Crippen LogP contribution is -2.25. The second kappa shape index (κ2) is 5.18. The molecule has 1 aromatic heterocycles. The number of halogens is 1. The first-order chi connectivity index (χ1) is 8.13. The second-order valence-corrected chi connectivity index (χ2v) is 5.87. The van der Waals surface area contributed by atoms with Crippen molar-refractivity contribution in [2.24, 2.45) is 0 Å². The molecule has 1 amide bonds. The summed E-state index contributed by atoms with van der Waals surface area (Å²) >= 11 is 4.73. The van der Waals surface area contributed by atoms with Crippen LogP contribution in [0.2, 0.25) is 0 Å². The van der Waals surface area contributed by atoms with Gasteiger partial charge < -0.3 is 9.64 Å². The third-order valence-corrected chi connectivity index (χ3v) is 3.97. The van der Waals surface area contributed by atoms with Crippen molar-refractivity contribution in [3.8, 4) is 0 Å². The lowest BCUT2D eigenvalue weighted by atomic mass is 10.3. The SMILES string of the molecule is CCOC(=O)c1sccc1N1CC(Br)CC1=O. The molecule has 1 fully saturated rings. The summed E-state index contributed by atoms with van der Waals surface area (Å²) in [7, 11) is 0. The van der Waals surface area contributed by atoms with E-state index in [0.717, 1.165) is 0 Å². The average molecular weight is 318 g/mol. The minimum atomic E-state index is -0.358. The third-order valence-electron chi connectivity index (χ3n) is 2.47. The Morgan fingerprint density at radius 3 is 3.06 bits per heavy atom. The zero-order valence-corrected chi connectivity index (χ0v) is 11.7. The van der Waals surface area contributed by atoms with Crippen LogP contribution in [0.1, 0.15) is 23.0 Å². The molecule has 0 saturated carbocycles. The first-order valence-corrected chi connectivity index (χ1v) is 7.12. The number of anilines is 1. The highest BCUT2D eigenvalue weighted by Gasteiger charge is 2.32. The summed E-state index contributed by atoms with van der Waals surface area (Å²) in [5.74, 6) is -0.320. The lowest BCUT2D eigenvalue weighted by Gasteiger charge is -2.15. The van der Waals surface area contributed by atoms with Gasteiger partial charge in [0.2, 0.25) is 5.91 Å². The van der Waals surface area contributed by atoms with E-state index < -0.39 is 0 Å². The number of nitrogens with zero attached hydrogens (tertiary/aromatic N) is 1. The molecular weight excluding hydrogens is 306 g/mol. The van der Waals surface area contributed by atoms with Crippen LogP contribution in [0.15, 0.2) is 11.4 Å². The molecule has 0 N–H and O–H groups in total. The molecule has 0 aliphatic carbocycles. The monoisotopic (exact) mass is 317 g/mol. The number of thiophene rings is 1. The Bertz CT molecular complexity index is 446. The molecule has 1 aliphatic rings. The van der Waals surface area contributed by atoms with E-state index in [0.29, 0.717) is 30.1 Å². The molecule has 1 saturated heterocycles. The van der Waals surface area contributed by atoms with E-state index in [1.165, 1.54) is 11.3 Å². The molecule has 4 nitrogen and oxygen atoms in total. The van der Waals surface area contributed by atoms with Crippen LogP contribution in [-0.4, -0.2) is 29.9 Å². The molecule has 92 valence electrons. The van der Waals surface area contributed by atoms with Crippen LogP contribution in [0.5, 0.6) is 0 Å². The van der Waals surface area contributed by atoms with Gasteiger partial charge in [0.05, 0.1) is 12.3 Å². The number of esters is 1. The second-order valence-electron chi connectivity index (χ2n) is 3.66. The van der Waals surface area contributed by atoms with Crippen molar-refractivity contribution in [2.45, 2.75) is 18.2 Å². The topological polar surface area (TPSA) is 46.6 Å². The standard InChI is InChI=1S/C11H12BrNO3S/c1-2-16-11(15)10-8(3-4-17-10)13-6-7(12)5-9(13)14/h3-4,7H,2,5-6H2,1H3. The quantitative estimate of drug-likeness (QED) is 0.635. The number of hydrogen-bond acceptors (Lipinski definition) is 4. The summed E-state index contributed by atoms with van der Waals surface area (Å²) in [5, 5.41) is 1.80. The van der Waals surface area contributed by atoms with Crippen molar-refractivity contribution >= 4 is 44.8 Å². The van der Waals surface area contributed by atoms with Gasteiger partial charge in [-0.05, 0) is 18.4 Å². The summed E-state index contributed by atoms with van der Waals surface area (Å²) < 4.78 is 4.97. The van der Waals surface area contributed by atoms with E-state index in [1.54, 1.807) is 23.3 Å². The minimum Gasteiger partial charge on any atom is -0.462 e. The number of carbonyl (C=O) groups is 2. The van der Waals surface area contributed by atoms with Crippen LogP contribution in [-0.2, 0) is 9.53 Å². The summed E-state index contributed by atoms with van der Waals surface area (Å²) in [6, 6.07) is 1.79. The fourth-order valence-electron chi connectivity index (χ4n) is 1.76. The summed E-state index contributed by atoms with van der Waals surface area (Å²) in [6.07, 6.45) is 0.470. The van der Waals surface area contributed by atoms with Gasteiger partial charge in [-0.25, -0.2) is 4.79 Å². The third kappa shape index (κ3) is 2.52. The maximum atomic E-state index is 11.8. The van der Waals surface area contributed by atoms with Gasteiger partial charge in [0.1, 0.15) is 4.88 Å². The Balaban J connectivity index is 2.25. The molecule has 6 heteroatoms. The Morgan fingerprint density at radius 2 is 2.47 bits per heavy atom. The molecule has 1 atom stereocenters. The Kier molecular flexibility index (Phi) is 3.83. The minimum absolute atomic E-state index is 0.0378. The highest BCUT2D eigenvalue weighted by molar-refractivity contribution is 9.09. The number of alkyl halides is 1. The first kappa shape index (κ1) is 12.6. The van der Waals surface area contributed by atoms with E-state index in [-0.39, 0.29) is 16.7 Å². The van der Waals surface area contributed by atoms with E-state index >= 15 is 0 Å². The highest BCUT2D eigenvalue weighted by atomic mass is 79.9. The van der Waals surface area contributed by atoms with Crippen LogP contribution in [0, 0.1) is 0 Å². The van der Waals surface area contributed by atoms with Crippen LogP contribution < -0.4 is 4.90 Å². The molecule has 2 heterocycles. The largest absolute Gasteiger partial charge is 0.462 e. The maximum absolute atomic E-state index is 11.8. The number of ether oxygens (including phenoxy) is 1. The van der Waals surface area contributed by atoms with Crippen molar-refractivity contribution in [1.82, 2.24) is 0 Å². The smallest absolute Gasteiger partial charge is 0.350 e. The van der Waals surface area contributed by atoms with Crippen LogP contribution in [0.4, 0.5) is 5.69 Å². The van der Waals surface area contributed by atoms with Crippen molar-refractivity contribution < 1.29 is 14.3 Å². The van der Waals surface area contributed by atoms with Crippen molar-refractivity contribution in [3.05, 3.63) is 16.3 Å². The molecule has 1 aliphatic heterocycles. The van der Waals surface area contributed by atoms with Crippen molar-refractivity contribution in [1.29, 1.82) is 0 Å². The van der Waals surface area contributed by atoms with Gasteiger partial charge in [-0.1, -0.05) is 15.9 Å². The zero-order valence-electron chi connectivity index (χ0n) is 9.31. The van der Waals surface area contributed by atoms with Crippen molar-refractivity contribution in [2.75, 3.05) is 18.1 Å². The van der Waals surface area contributed by atoms with E-state index in [1.807, 2.05) is 0 Å². The van der Waals surface area contributed by atoms with Gasteiger partial charge in [-0.3, -0.25) is 4.79 Å². The van der Waals surface area contributed by atoms with E-state index in [2.05, 4.69) is 15.9 Å². The number of hydrogen-bond donors (Lipinski definition) is 0. The molecule has 0 radical (unpaired) electrons. The Hall–Kier alpha value is -0.880. The fourth-order valence-corrected chi connectivity index (χ4v) is 3.11. The number of carbonyl (C=O) groups excluding carboxylic acids is 2. The number of amides is 1. The average Bonchev–Trinajstić information content (AvgIpc) is 2.84. The molecule has 2 rings (SSSR count). The lowest BCUT2D eigenvalue weighted by molar-refractivity contribution is -0.117. The van der Waals surface area contributed by atoms with Gasteiger partial charge in [0.25, 0.3) is 0 Å². The first-order valence-electron chi connectivity index (χ1n) is 5.32. The molecule has 17 heavy (non-hydrogen) atoms. The van der Waals surface area contributed by atoms with Gasteiger partial charge in [-0.2, -0.15) is 0 Å². The molecule has 0 bridgehead atoms. The van der Waals surface area contributed by atoms with Gasteiger partial charge in [-0.15, -0.1) is 11.3 Å². The Labute approximate surface area is 112 Å². The van der Waals surface area contributed by atoms with Gasteiger partial charge in [0, 0.05) is 17.8 Å². The molecular formula is C11H12BrNO3S. The van der Waals surface area contributed by atoms with Crippen LogP contribution in [0.3, 0.4) is 0 Å². The molecule has 0 aromatic carbocycles. The predicted molar refractivity (Wildman–Crippen MR) is 70.0 cm³/mol. The molecule has 0 spiro atoms. The van der Waals surface area contributed by atoms with Crippen LogP contribution in [0.25, 0.3) is 0 Å². The van der Waals surface area contributed by atoms with E-state index in [9.17, 15) is 9.59 Å². The van der Waals surface area contributed by atoms with Crippen molar-refractivity contribution in [3.63, 3.8) is 0 Å². The van der Waals surface area contributed by atoms with E-state index in [4.69, 9.17) is 4.74 Å². The highest BCUT2D eigenvalue weighted by Crippen LogP contribution is 2.32. The molecule has 1 unspecified atom stereocenters. The summed E-state index contributed by atoms with van der Waals surface area (Å²) in [4.78, 5) is 25.8. The maximum Gasteiger partial charge on any atom is 0.350 e. The summed E-state index contributed by atoms with van der Waals surface area (Å²) in [5.41, 5.74) is 0.667. The van der Waals surface area contributed by atoms with Crippen LogP contribution >= 0.6 is 27.3 Å². The normalized spacial score (nSPS) is 19.8. The fraction of sp³-hybridized carbons (Fsp3) is 0.455. The molecule has 1 aromatic rings. The summed E-state index contributed by atoms with van der Waals surface area (Å²) in [6.45, 7) is 2.70. The number of rotatable bonds is 3. The Morgan fingerprint density at radius 1 is 1.71 bits per heavy atom.